The fourth-order valence-corrected chi connectivity index (χ4v) is 1.71. The van der Waals surface area contributed by atoms with E-state index in [0.717, 1.165) is 13.0 Å². The molecule has 82 valence electrons. The Balaban J connectivity index is 2.44. The van der Waals surface area contributed by atoms with Gasteiger partial charge in [0, 0.05) is 12.6 Å². The topological polar surface area (TPSA) is 12.0 Å². The van der Waals surface area contributed by atoms with E-state index in [-0.39, 0.29) is 0 Å². The van der Waals surface area contributed by atoms with Crippen molar-refractivity contribution >= 4 is 0 Å². The van der Waals surface area contributed by atoms with E-state index in [1.165, 1.54) is 5.56 Å². The van der Waals surface area contributed by atoms with E-state index >= 15 is 0 Å². The van der Waals surface area contributed by atoms with Crippen molar-refractivity contribution in [2.24, 2.45) is 5.92 Å². The van der Waals surface area contributed by atoms with Crippen molar-refractivity contribution in [1.82, 2.24) is 5.32 Å². The molecule has 1 aromatic carbocycles. The van der Waals surface area contributed by atoms with Crippen LogP contribution >= 0.6 is 0 Å². The van der Waals surface area contributed by atoms with Gasteiger partial charge >= 0.3 is 0 Å². The summed E-state index contributed by atoms with van der Waals surface area (Å²) in [6, 6.07) is 11.0. The smallest absolute Gasteiger partial charge is 0.0208 e. The standard InChI is InChI=1S/C14H21N/c1-4-12(3)14(5-2)15-11-13-9-7-6-8-10-13/h4,6-10,12,14-15H,1,5,11H2,2-3H3/t12-,14-/m0/s1. The van der Waals surface area contributed by atoms with Crippen LogP contribution in [0.1, 0.15) is 25.8 Å². The molecule has 0 heterocycles. The molecule has 1 rings (SSSR count). The summed E-state index contributed by atoms with van der Waals surface area (Å²) in [5.41, 5.74) is 1.34. The molecule has 0 fully saturated rings. The first kappa shape index (κ1) is 12.0. The molecule has 0 spiro atoms. The fraction of sp³-hybridized carbons (Fsp3) is 0.429. The van der Waals surface area contributed by atoms with Gasteiger partial charge in [0.05, 0.1) is 0 Å². The van der Waals surface area contributed by atoms with Gasteiger partial charge in [-0.25, -0.2) is 0 Å². The first-order chi connectivity index (χ1) is 7.27. The predicted molar refractivity (Wildman–Crippen MR) is 66.7 cm³/mol. The largest absolute Gasteiger partial charge is 0.309 e. The summed E-state index contributed by atoms with van der Waals surface area (Å²) in [6.45, 7) is 9.20. The third-order valence-electron chi connectivity index (χ3n) is 2.86. The van der Waals surface area contributed by atoms with Gasteiger partial charge < -0.3 is 5.32 Å². The highest BCUT2D eigenvalue weighted by Gasteiger charge is 2.10. The third-order valence-corrected chi connectivity index (χ3v) is 2.86. The summed E-state index contributed by atoms with van der Waals surface area (Å²) in [6.07, 6.45) is 3.16. The maximum atomic E-state index is 3.84. The summed E-state index contributed by atoms with van der Waals surface area (Å²) in [5.74, 6) is 0.527. The van der Waals surface area contributed by atoms with Crippen LogP contribution in [0.3, 0.4) is 0 Å². The van der Waals surface area contributed by atoms with Gasteiger partial charge in [0.2, 0.25) is 0 Å². The van der Waals surface area contributed by atoms with Crippen LogP contribution in [-0.2, 0) is 6.54 Å². The van der Waals surface area contributed by atoms with Gasteiger partial charge in [-0.05, 0) is 17.9 Å². The van der Waals surface area contributed by atoms with Crippen molar-refractivity contribution < 1.29 is 0 Å². The second-order valence-corrected chi connectivity index (χ2v) is 3.98. The molecule has 0 aliphatic heterocycles. The minimum absolute atomic E-state index is 0.527. The lowest BCUT2D eigenvalue weighted by Gasteiger charge is -2.21. The van der Waals surface area contributed by atoms with Crippen LogP contribution < -0.4 is 5.32 Å². The number of rotatable bonds is 6. The lowest BCUT2D eigenvalue weighted by Crippen LogP contribution is -2.33. The number of nitrogens with one attached hydrogen (secondary N) is 1. The van der Waals surface area contributed by atoms with E-state index in [1.54, 1.807) is 0 Å². The van der Waals surface area contributed by atoms with Crippen LogP contribution in [0.25, 0.3) is 0 Å². The molecule has 0 saturated heterocycles. The minimum atomic E-state index is 0.527. The van der Waals surface area contributed by atoms with E-state index in [1.807, 2.05) is 12.1 Å². The Bertz CT molecular complexity index is 279. The van der Waals surface area contributed by atoms with Crippen molar-refractivity contribution in [3.63, 3.8) is 0 Å². The molecule has 0 radical (unpaired) electrons. The first-order valence-electron chi connectivity index (χ1n) is 5.67. The second kappa shape index (κ2) is 6.41. The zero-order valence-corrected chi connectivity index (χ0v) is 9.74. The summed E-state index contributed by atoms with van der Waals surface area (Å²) in [4.78, 5) is 0. The summed E-state index contributed by atoms with van der Waals surface area (Å²) < 4.78 is 0. The van der Waals surface area contributed by atoms with E-state index in [9.17, 15) is 0 Å². The van der Waals surface area contributed by atoms with Gasteiger partial charge in [0.1, 0.15) is 0 Å². The number of hydrogen-bond donors (Lipinski definition) is 1. The number of benzene rings is 1. The van der Waals surface area contributed by atoms with Crippen molar-refractivity contribution in [2.75, 3.05) is 0 Å². The Morgan fingerprint density at radius 1 is 1.33 bits per heavy atom. The van der Waals surface area contributed by atoms with Gasteiger partial charge in [-0.15, -0.1) is 6.58 Å². The van der Waals surface area contributed by atoms with Crippen LogP contribution in [0.15, 0.2) is 43.0 Å². The molecular formula is C14H21N. The van der Waals surface area contributed by atoms with Gasteiger partial charge in [-0.3, -0.25) is 0 Å². The average molecular weight is 203 g/mol. The van der Waals surface area contributed by atoms with E-state index in [0.29, 0.717) is 12.0 Å². The zero-order valence-electron chi connectivity index (χ0n) is 9.74. The van der Waals surface area contributed by atoms with Gasteiger partial charge in [-0.2, -0.15) is 0 Å². The lowest BCUT2D eigenvalue weighted by atomic mass is 9.99. The van der Waals surface area contributed by atoms with Crippen LogP contribution in [0.5, 0.6) is 0 Å². The zero-order chi connectivity index (χ0) is 11.1. The van der Waals surface area contributed by atoms with Crippen molar-refractivity contribution in [1.29, 1.82) is 0 Å². The summed E-state index contributed by atoms with van der Waals surface area (Å²) >= 11 is 0. The molecule has 0 bridgehead atoms. The van der Waals surface area contributed by atoms with Crippen molar-refractivity contribution in [3.8, 4) is 0 Å². The quantitative estimate of drug-likeness (QED) is 0.699. The molecular weight excluding hydrogens is 182 g/mol. The molecule has 0 aliphatic carbocycles. The maximum absolute atomic E-state index is 3.84. The van der Waals surface area contributed by atoms with Gasteiger partial charge in [-0.1, -0.05) is 50.3 Å². The summed E-state index contributed by atoms with van der Waals surface area (Å²) in [5, 5.41) is 3.57. The molecule has 0 aliphatic rings. The molecule has 0 amide bonds. The third kappa shape index (κ3) is 3.88. The SMILES string of the molecule is C=C[C@H](C)[C@H](CC)NCc1ccccc1. The molecule has 1 aromatic rings. The highest BCUT2D eigenvalue weighted by Crippen LogP contribution is 2.09. The Morgan fingerprint density at radius 2 is 2.00 bits per heavy atom. The van der Waals surface area contributed by atoms with Crippen LogP contribution in [-0.4, -0.2) is 6.04 Å². The van der Waals surface area contributed by atoms with Gasteiger partial charge in [0.15, 0.2) is 0 Å². The Labute approximate surface area is 93.2 Å². The van der Waals surface area contributed by atoms with Crippen LogP contribution in [0.2, 0.25) is 0 Å². The van der Waals surface area contributed by atoms with E-state index in [2.05, 4.69) is 50.0 Å². The highest BCUT2D eigenvalue weighted by molar-refractivity contribution is 5.14. The molecule has 0 unspecified atom stereocenters. The van der Waals surface area contributed by atoms with E-state index < -0.39 is 0 Å². The Kier molecular flexibility index (Phi) is 5.13. The predicted octanol–water partition coefficient (Wildman–Crippen LogP) is 3.38. The minimum Gasteiger partial charge on any atom is -0.309 e. The fourth-order valence-electron chi connectivity index (χ4n) is 1.71. The van der Waals surface area contributed by atoms with Crippen LogP contribution in [0.4, 0.5) is 0 Å². The van der Waals surface area contributed by atoms with E-state index in [4.69, 9.17) is 0 Å². The number of hydrogen-bond acceptors (Lipinski definition) is 1. The average Bonchev–Trinajstić information content (AvgIpc) is 2.31. The molecule has 1 heteroatoms. The monoisotopic (exact) mass is 203 g/mol. The molecule has 1 N–H and O–H groups in total. The molecule has 2 atom stereocenters. The van der Waals surface area contributed by atoms with Crippen LogP contribution in [0, 0.1) is 5.92 Å². The highest BCUT2D eigenvalue weighted by atomic mass is 14.9. The first-order valence-corrected chi connectivity index (χ1v) is 5.67. The maximum Gasteiger partial charge on any atom is 0.0208 e. The Hall–Kier alpha value is -1.08. The van der Waals surface area contributed by atoms with Crippen molar-refractivity contribution in [3.05, 3.63) is 48.6 Å². The lowest BCUT2D eigenvalue weighted by molar-refractivity contribution is 0.417. The normalized spacial score (nSPS) is 14.5. The molecule has 0 saturated carbocycles. The molecule has 0 aromatic heterocycles. The molecule has 1 nitrogen and oxygen atoms in total. The molecule has 15 heavy (non-hydrogen) atoms. The Morgan fingerprint density at radius 3 is 2.53 bits per heavy atom. The van der Waals surface area contributed by atoms with Crippen molar-refractivity contribution in [2.45, 2.75) is 32.9 Å². The summed E-state index contributed by atoms with van der Waals surface area (Å²) in [7, 11) is 0. The van der Waals surface area contributed by atoms with Gasteiger partial charge in [0.25, 0.3) is 0 Å². The second-order valence-electron chi connectivity index (χ2n) is 3.98.